The minimum Gasteiger partial charge on any atom is -0.325 e. The first kappa shape index (κ1) is 13.9. The Morgan fingerprint density at radius 3 is 2.67 bits per heavy atom. The Kier molecular flexibility index (Phi) is 3.55. The number of imide groups is 1. The van der Waals surface area contributed by atoms with Crippen molar-refractivity contribution in [3.05, 3.63) is 29.3 Å². The van der Waals surface area contributed by atoms with Gasteiger partial charge in [-0.1, -0.05) is 11.6 Å². The molecule has 1 N–H and O–H groups in total. The number of hydrogen-bond acceptors (Lipinski definition) is 3. The van der Waals surface area contributed by atoms with Gasteiger partial charge in [-0.2, -0.15) is 0 Å². The smallest absolute Gasteiger partial charge is 0.325 e. The van der Waals surface area contributed by atoms with Crippen LogP contribution in [-0.4, -0.2) is 46.8 Å². The zero-order valence-electron chi connectivity index (χ0n) is 11.2. The molecule has 2 fully saturated rings. The summed E-state index contributed by atoms with van der Waals surface area (Å²) in [6, 6.07) is 5.88. The van der Waals surface area contributed by atoms with Crippen molar-refractivity contribution in [2.24, 2.45) is 0 Å². The molecule has 2 heterocycles. The summed E-state index contributed by atoms with van der Waals surface area (Å²) in [6.45, 7) is 0.331. The third kappa shape index (κ3) is 2.58. The number of nitrogens with zero attached hydrogens (tertiary/aromatic N) is 2. The monoisotopic (exact) mass is 307 g/mol. The fourth-order valence-corrected chi connectivity index (χ4v) is 2.83. The van der Waals surface area contributed by atoms with E-state index < -0.39 is 5.91 Å². The molecule has 0 spiro atoms. The highest BCUT2D eigenvalue weighted by atomic mass is 35.5. The number of hydrogen-bond donors (Lipinski definition) is 1. The summed E-state index contributed by atoms with van der Waals surface area (Å²) in [6.07, 6.45) is 1.52. The zero-order valence-corrected chi connectivity index (χ0v) is 12.0. The van der Waals surface area contributed by atoms with Gasteiger partial charge in [-0.05, 0) is 37.1 Å². The molecule has 2 aliphatic rings. The summed E-state index contributed by atoms with van der Waals surface area (Å²) in [5.41, 5.74) is 0.573. The predicted molar refractivity (Wildman–Crippen MR) is 76.9 cm³/mol. The second-order valence-corrected chi connectivity index (χ2v) is 5.55. The maximum absolute atomic E-state index is 12.1. The number of nitrogens with one attached hydrogen (secondary N) is 1. The Balaban J connectivity index is 1.64. The summed E-state index contributed by atoms with van der Waals surface area (Å²) in [5, 5.41) is 3.21. The summed E-state index contributed by atoms with van der Waals surface area (Å²) in [7, 11) is 0. The van der Waals surface area contributed by atoms with Gasteiger partial charge in [-0.25, -0.2) is 4.79 Å². The topological polar surface area (TPSA) is 69.7 Å². The average Bonchev–Trinajstić information content (AvgIpc) is 3.02. The number of anilines is 1. The summed E-state index contributed by atoms with van der Waals surface area (Å²) >= 11 is 5.76. The lowest BCUT2D eigenvalue weighted by Gasteiger charge is -2.15. The van der Waals surface area contributed by atoms with Crippen LogP contribution in [0.1, 0.15) is 12.8 Å². The first-order valence-electron chi connectivity index (χ1n) is 6.73. The molecule has 1 atom stereocenters. The number of benzene rings is 1. The van der Waals surface area contributed by atoms with Crippen molar-refractivity contribution in [3.8, 4) is 0 Å². The lowest BCUT2D eigenvalue weighted by atomic mass is 10.2. The van der Waals surface area contributed by atoms with Gasteiger partial charge in [-0.3, -0.25) is 14.5 Å². The van der Waals surface area contributed by atoms with Crippen LogP contribution in [0, 0.1) is 0 Å². The molecule has 0 radical (unpaired) electrons. The quantitative estimate of drug-likeness (QED) is 0.864. The van der Waals surface area contributed by atoms with E-state index in [2.05, 4.69) is 5.32 Å². The van der Waals surface area contributed by atoms with E-state index in [1.165, 1.54) is 4.90 Å². The predicted octanol–water partition coefficient (Wildman–Crippen LogP) is 1.71. The second kappa shape index (κ2) is 5.37. The number of halogens is 1. The number of carbonyl (C=O) groups is 3. The van der Waals surface area contributed by atoms with Gasteiger partial charge in [0.05, 0.1) is 0 Å². The van der Waals surface area contributed by atoms with E-state index in [0.717, 1.165) is 11.3 Å². The van der Waals surface area contributed by atoms with Gasteiger partial charge in [0, 0.05) is 17.3 Å². The molecule has 0 aliphatic carbocycles. The number of urea groups is 1. The Morgan fingerprint density at radius 1 is 1.29 bits per heavy atom. The highest BCUT2D eigenvalue weighted by molar-refractivity contribution is 6.30. The number of amides is 4. The van der Waals surface area contributed by atoms with E-state index in [0.29, 0.717) is 23.7 Å². The molecular weight excluding hydrogens is 294 g/mol. The van der Waals surface area contributed by atoms with Gasteiger partial charge in [0.15, 0.2) is 0 Å². The molecule has 0 saturated carbocycles. The van der Waals surface area contributed by atoms with Crippen LogP contribution >= 0.6 is 11.6 Å². The van der Waals surface area contributed by atoms with Gasteiger partial charge in [0.1, 0.15) is 12.6 Å². The van der Waals surface area contributed by atoms with E-state index in [9.17, 15) is 14.4 Å². The first-order chi connectivity index (χ1) is 10.1. The molecular formula is C14H14ClN3O3. The molecule has 3 rings (SSSR count). The van der Waals surface area contributed by atoms with Crippen LogP contribution in [0.4, 0.5) is 10.5 Å². The largest absolute Gasteiger partial charge is 0.327 e. The standard InChI is InChI=1S/C14H14ClN3O3/c15-9-3-5-10(6-4-9)16-12(19)8-18-13(20)11-2-1-7-17(11)14(18)21/h3-6,11H,1-2,7-8H2,(H,16,19). The average molecular weight is 308 g/mol. The normalized spacial score (nSPS) is 20.9. The van der Waals surface area contributed by atoms with Crippen molar-refractivity contribution in [1.82, 2.24) is 9.80 Å². The van der Waals surface area contributed by atoms with Crippen molar-refractivity contribution < 1.29 is 14.4 Å². The van der Waals surface area contributed by atoms with Crippen molar-refractivity contribution in [3.63, 3.8) is 0 Å². The van der Waals surface area contributed by atoms with Crippen LogP contribution in [0.5, 0.6) is 0 Å². The Hall–Kier alpha value is -2.08. The highest BCUT2D eigenvalue weighted by Crippen LogP contribution is 2.27. The molecule has 4 amide bonds. The van der Waals surface area contributed by atoms with Gasteiger partial charge in [0.2, 0.25) is 5.91 Å². The number of rotatable bonds is 3. The van der Waals surface area contributed by atoms with Crippen LogP contribution in [0.2, 0.25) is 5.02 Å². The first-order valence-corrected chi connectivity index (χ1v) is 7.11. The lowest BCUT2D eigenvalue weighted by molar-refractivity contribution is -0.131. The molecule has 110 valence electrons. The molecule has 2 saturated heterocycles. The molecule has 6 nitrogen and oxygen atoms in total. The van der Waals surface area contributed by atoms with Crippen molar-refractivity contribution in [2.45, 2.75) is 18.9 Å². The van der Waals surface area contributed by atoms with E-state index in [4.69, 9.17) is 11.6 Å². The van der Waals surface area contributed by atoms with Gasteiger partial charge < -0.3 is 10.2 Å². The molecule has 7 heteroatoms. The maximum atomic E-state index is 12.1. The highest BCUT2D eigenvalue weighted by Gasteiger charge is 2.47. The minimum absolute atomic E-state index is 0.257. The fraction of sp³-hybridized carbons (Fsp3) is 0.357. The summed E-state index contributed by atoms with van der Waals surface area (Å²) in [5.74, 6) is -0.677. The Morgan fingerprint density at radius 2 is 2.00 bits per heavy atom. The molecule has 0 aromatic heterocycles. The third-order valence-electron chi connectivity index (χ3n) is 3.71. The Labute approximate surface area is 126 Å². The van der Waals surface area contributed by atoms with Crippen LogP contribution in [0.3, 0.4) is 0 Å². The van der Waals surface area contributed by atoms with Crippen molar-refractivity contribution in [1.29, 1.82) is 0 Å². The van der Waals surface area contributed by atoms with Crippen LogP contribution in [0.25, 0.3) is 0 Å². The van der Waals surface area contributed by atoms with Gasteiger partial charge in [-0.15, -0.1) is 0 Å². The van der Waals surface area contributed by atoms with Crippen molar-refractivity contribution in [2.75, 3.05) is 18.4 Å². The lowest BCUT2D eigenvalue weighted by Crippen LogP contribution is -2.39. The number of carbonyl (C=O) groups excluding carboxylic acids is 3. The Bertz CT molecular complexity index is 580. The van der Waals surface area contributed by atoms with Crippen LogP contribution in [0.15, 0.2) is 24.3 Å². The van der Waals surface area contributed by atoms with Gasteiger partial charge in [0.25, 0.3) is 5.91 Å². The SMILES string of the molecule is O=C(CN1C(=O)C2CCCN2C1=O)Nc1ccc(Cl)cc1. The minimum atomic E-state index is -0.403. The molecule has 0 bridgehead atoms. The molecule has 2 aliphatic heterocycles. The zero-order chi connectivity index (χ0) is 15.0. The van der Waals surface area contributed by atoms with Gasteiger partial charge >= 0.3 is 6.03 Å². The number of fused-ring (bicyclic) bond motifs is 1. The molecule has 1 aromatic rings. The van der Waals surface area contributed by atoms with Crippen LogP contribution < -0.4 is 5.32 Å². The van der Waals surface area contributed by atoms with E-state index in [-0.39, 0.29) is 24.5 Å². The fourth-order valence-electron chi connectivity index (χ4n) is 2.70. The molecule has 21 heavy (non-hydrogen) atoms. The third-order valence-corrected chi connectivity index (χ3v) is 3.96. The molecule has 1 unspecified atom stereocenters. The summed E-state index contributed by atoms with van der Waals surface area (Å²) < 4.78 is 0. The van der Waals surface area contributed by atoms with E-state index in [1.54, 1.807) is 24.3 Å². The van der Waals surface area contributed by atoms with Crippen LogP contribution in [-0.2, 0) is 9.59 Å². The summed E-state index contributed by atoms with van der Waals surface area (Å²) in [4.78, 5) is 38.7. The van der Waals surface area contributed by atoms with E-state index >= 15 is 0 Å². The van der Waals surface area contributed by atoms with Crippen molar-refractivity contribution >= 4 is 35.1 Å². The second-order valence-electron chi connectivity index (χ2n) is 5.11. The van der Waals surface area contributed by atoms with E-state index in [1.807, 2.05) is 0 Å². The maximum Gasteiger partial charge on any atom is 0.327 e. The molecule has 1 aromatic carbocycles.